The van der Waals surface area contributed by atoms with Crippen molar-refractivity contribution in [3.8, 4) is 5.75 Å². The van der Waals surface area contributed by atoms with E-state index in [2.05, 4.69) is 43.9 Å². The highest BCUT2D eigenvalue weighted by Crippen LogP contribution is 2.21. The van der Waals surface area contributed by atoms with Crippen LogP contribution in [0.2, 0.25) is 0 Å². The summed E-state index contributed by atoms with van der Waals surface area (Å²) >= 11 is 0. The summed E-state index contributed by atoms with van der Waals surface area (Å²) in [5.41, 5.74) is 0. The van der Waals surface area contributed by atoms with Gasteiger partial charge in [-0.05, 0) is 41.2 Å². The van der Waals surface area contributed by atoms with Gasteiger partial charge in [0.05, 0.1) is 12.7 Å². The molecule has 2 unspecified atom stereocenters. The molecule has 0 saturated carbocycles. The van der Waals surface area contributed by atoms with Gasteiger partial charge in [0.25, 0.3) is 0 Å². The van der Waals surface area contributed by atoms with Crippen LogP contribution in [-0.2, 0) is 9.62 Å². The van der Waals surface area contributed by atoms with Crippen LogP contribution in [0.15, 0.2) is 42.5 Å². The quantitative estimate of drug-likeness (QED) is 0.346. The van der Waals surface area contributed by atoms with Crippen LogP contribution < -0.4 is 4.74 Å². The number of hydrogen-bond acceptors (Lipinski definition) is 4. The van der Waals surface area contributed by atoms with Crippen LogP contribution in [-0.4, -0.2) is 31.2 Å². The van der Waals surface area contributed by atoms with Crippen molar-refractivity contribution in [2.45, 2.75) is 39.7 Å². The molecule has 0 aliphatic carbocycles. The van der Waals surface area contributed by atoms with Crippen molar-refractivity contribution < 1.29 is 19.6 Å². The Hall–Kier alpha value is -1.62. The van der Waals surface area contributed by atoms with Crippen LogP contribution >= 0.6 is 0 Å². The standard InChI is InChI=1S/C21H30O4/c1-16(2)14-17(3)21(25-22)10-11-23-12-13-24-20-9-8-18-6-4-5-7-19(18)15-20/h4-9,15-17,21-22H,10-14H2,1-3H3. The Kier molecular flexibility index (Phi) is 8.19. The molecule has 0 radical (unpaired) electrons. The number of rotatable bonds is 11. The Morgan fingerprint density at radius 3 is 2.40 bits per heavy atom. The van der Waals surface area contributed by atoms with E-state index in [-0.39, 0.29) is 6.10 Å². The third-order valence-corrected chi connectivity index (χ3v) is 4.38. The first-order valence-electron chi connectivity index (χ1n) is 9.09. The van der Waals surface area contributed by atoms with Crippen LogP contribution in [0.3, 0.4) is 0 Å². The first-order chi connectivity index (χ1) is 12.1. The molecule has 0 aliphatic heterocycles. The van der Waals surface area contributed by atoms with Gasteiger partial charge in [-0.1, -0.05) is 51.1 Å². The van der Waals surface area contributed by atoms with E-state index in [1.54, 1.807) is 0 Å². The molecule has 0 bridgehead atoms. The summed E-state index contributed by atoms with van der Waals surface area (Å²) in [6.07, 6.45) is 1.53. The lowest BCUT2D eigenvalue weighted by Crippen LogP contribution is -2.24. The van der Waals surface area contributed by atoms with Gasteiger partial charge in [-0.15, -0.1) is 0 Å². The molecule has 0 amide bonds. The van der Waals surface area contributed by atoms with E-state index >= 15 is 0 Å². The molecular formula is C21H30O4. The molecule has 1 N–H and O–H groups in total. The highest BCUT2D eigenvalue weighted by Gasteiger charge is 2.19. The fourth-order valence-electron chi connectivity index (χ4n) is 3.11. The fraction of sp³-hybridized carbons (Fsp3) is 0.524. The summed E-state index contributed by atoms with van der Waals surface area (Å²) in [5.74, 6) is 1.75. The molecule has 0 aliphatic rings. The average Bonchev–Trinajstić information content (AvgIpc) is 2.60. The zero-order valence-electron chi connectivity index (χ0n) is 15.5. The van der Waals surface area contributed by atoms with E-state index in [0.717, 1.165) is 12.2 Å². The second-order valence-electron chi connectivity index (χ2n) is 7.01. The van der Waals surface area contributed by atoms with Crippen molar-refractivity contribution in [1.29, 1.82) is 0 Å². The lowest BCUT2D eigenvalue weighted by atomic mass is 9.92. The summed E-state index contributed by atoms with van der Waals surface area (Å²) in [6.45, 7) is 8.02. The van der Waals surface area contributed by atoms with Gasteiger partial charge in [0.2, 0.25) is 0 Å². The fourth-order valence-corrected chi connectivity index (χ4v) is 3.11. The van der Waals surface area contributed by atoms with Crippen molar-refractivity contribution in [2.24, 2.45) is 11.8 Å². The SMILES string of the molecule is CC(C)CC(C)C(CCOCCOc1ccc2ccccc2c1)OO. The van der Waals surface area contributed by atoms with Crippen LogP contribution in [0.1, 0.15) is 33.6 Å². The van der Waals surface area contributed by atoms with E-state index in [4.69, 9.17) is 14.7 Å². The normalized spacial score (nSPS) is 14.0. The van der Waals surface area contributed by atoms with E-state index in [1.807, 2.05) is 24.3 Å². The number of fused-ring (bicyclic) bond motifs is 1. The Labute approximate surface area is 150 Å². The Morgan fingerprint density at radius 1 is 0.920 bits per heavy atom. The lowest BCUT2D eigenvalue weighted by molar-refractivity contribution is -0.292. The molecular weight excluding hydrogens is 316 g/mol. The van der Waals surface area contributed by atoms with Crippen molar-refractivity contribution in [1.82, 2.24) is 0 Å². The maximum absolute atomic E-state index is 9.07. The smallest absolute Gasteiger partial charge is 0.120 e. The van der Waals surface area contributed by atoms with Gasteiger partial charge in [-0.3, -0.25) is 5.26 Å². The molecule has 0 heterocycles. The maximum Gasteiger partial charge on any atom is 0.120 e. The number of hydrogen-bond donors (Lipinski definition) is 1. The molecule has 0 aromatic heterocycles. The van der Waals surface area contributed by atoms with Gasteiger partial charge in [-0.25, -0.2) is 4.89 Å². The van der Waals surface area contributed by atoms with Crippen LogP contribution in [0.4, 0.5) is 0 Å². The lowest BCUT2D eigenvalue weighted by Gasteiger charge is -2.22. The predicted molar refractivity (Wildman–Crippen MR) is 101 cm³/mol. The zero-order chi connectivity index (χ0) is 18.1. The third-order valence-electron chi connectivity index (χ3n) is 4.38. The molecule has 0 saturated heterocycles. The topological polar surface area (TPSA) is 47.9 Å². The monoisotopic (exact) mass is 346 g/mol. The highest BCUT2D eigenvalue weighted by atomic mass is 17.1. The Morgan fingerprint density at radius 2 is 1.68 bits per heavy atom. The van der Waals surface area contributed by atoms with Gasteiger partial charge in [-0.2, -0.15) is 0 Å². The number of ether oxygens (including phenoxy) is 2. The molecule has 2 aromatic rings. The molecule has 0 fully saturated rings. The second kappa shape index (κ2) is 10.4. The molecule has 2 atom stereocenters. The first-order valence-corrected chi connectivity index (χ1v) is 9.09. The predicted octanol–water partition coefficient (Wildman–Crippen LogP) is 5.17. The second-order valence-corrected chi connectivity index (χ2v) is 7.01. The van der Waals surface area contributed by atoms with Gasteiger partial charge in [0.15, 0.2) is 0 Å². The summed E-state index contributed by atoms with van der Waals surface area (Å²) in [5, 5.41) is 11.4. The highest BCUT2D eigenvalue weighted by molar-refractivity contribution is 5.83. The van der Waals surface area contributed by atoms with Gasteiger partial charge in [0.1, 0.15) is 12.4 Å². The molecule has 4 heteroatoms. The van der Waals surface area contributed by atoms with E-state index in [9.17, 15) is 0 Å². The molecule has 2 aromatic carbocycles. The third kappa shape index (κ3) is 6.65. The minimum absolute atomic E-state index is 0.177. The molecule has 4 nitrogen and oxygen atoms in total. The van der Waals surface area contributed by atoms with Gasteiger partial charge >= 0.3 is 0 Å². The van der Waals surface area contributed by atoms with Crippen molar-refractivity contribution in [3.63, 3.8) is 0 Å². The summed E-state index contributed by atoms with van der Waals surface area (Å²) in [4.78, 5) is 4.62. The summed E-state index contributed by atoms with van der Waals surface area (Å²) < 4.78 is 11.4. The van der Waals surface area contributed by atoms with Crippen molar-refractivity contribution in [3.05, 3.63) is 42.5 Å². The first kappa shape index (κ1) is 19.7. The van der Waals surface area contributed by atoms with Crippen LogP contribution in [0, 0.1) is 11.8 Å². The molecule has 25 heavy (non-hydrogen) atoms. The minimum atomic E-state index is -0.177. The van der Waals surface area contributed by atoms with Crippen LogP contribution in [0.25, 0.3) is 10.8 Å². The van der Waals surface area contributed by atoms with E-state index in [1.165, 1.54) is 10.8 Å². The molecule has 2 rings (SSSR count). The zero-order valence-corrected chi connectivity index (χ0v) is 15.5. The molecule has 0 spiro atoms. The average molecular weight is 346 g/mol. The van der Waals surface area contributed by atoms with E-state index in [0.29, 0.717) is 38.1 Å². The minimum Gasteiger partial charge on any atom is -0.491 e. The number of benzene rings is 2. The Balaban J connectivity index is 1.65. The van der Waals surface area contributed by atoms with Crippen molar-refractivity contribution in [2.75, 3.05) is 19.8 Å². The van der Waals surface area contributed by atoms with Gasteiger partial charge in [0, 0.05) is 13.0 Å². The largest absolute Gasteiger partial charge is 0.491 e. The summed E-state index contributed by atoms with van der Waals surface area (Å²) in [6, 6.07) is 14.3. The summed E-state index contributed by atoms with van der Waals surface area (Å²) in [7, 11) is 0. The van der Waals surface area contributed by atoms with Crippen LogP contribution in [0.5, 0.6) is 5.75 Å². The van der Waals surface area contributed by atoms with Gasteiger partial charge < -0.3 is 9.47 Å². The molecule has 138 valence electrons. The van der Waals surface area contributed by atoms with Crippen molar-refractivity contribution >= 4 is 10.8 Å². The Bertz CT molecular complexity index is 626. The maximum atomic E-state index is 9.07. The van der Waals surface area contributed by atoms with E-state index < -0.39 is 0 Å².